The topological polar surface area (TPSA) is 25.4 Å². The third kappa shape index (κ3) is 5.17. The van der Waals surface area contributed by atoms with Crippen LogP contribution in [0.3, 0.4) is 0 Å². The van der Waals surface area contributed by atoms with Crippen molar-refractivity contribution in [1.82, 2.24) is 9.88 Å². The summed E-state index contributed by atoms with van der Waals surface area (Å²) in [5, 5.41) is 0. The Labute approximate surface area is 169 Å². The number of halogens is 4. The molecule has 0 aliphatic carbocycles. The van der Waals surface area contributed by atoms with Crippen LogP contribution in [0.25, 0.3) is 0 Å². The van der Waals surface area contributed by atoms with Crippen molar-refractivity contribution in [3.8, 4) is 0 Å². The summed E-state index contributed by atoms with van der Waals surface area (Å²) in [6.45, 7) is 3.80. The molecule has 1 aromatic heterocycles. The highest BCUT2D eigenvalue weighted by Crippen LogP contribution is 2.37. The lowest BCUT2D eigenvalue weighted by Crippen LogP contribution is -2.44. The first kappa shape index (κ1) is 21.8. The summed E-state index contributed by atoms with van der Waals surface area (Å²) in [6.07, 6.45) is -3.35. The fraction of sp³-hybridized carbons (Fsp3) is 0.476. The summed E-state index contributed by atoms with van der Waals surface area (Å²) >= 11 is 0. The first-order chi connectivity index (χ1) is 13.6. The van der Waals surface area contributed by atoms with Crippen LogP contribution in [0.15, 0.2) is 36.4 Å². The van der Waals surface area contributed by atoms with E-state index in [1.807, 2.05) is 7.05 Å². The van der Waals surface area contributed by atoms with Crippen molar-refractivity contribution in [2.45, 2.75) is 37.5 Å². The Morgan fingerprint density at radius 3 is 2.38 bits per heavy atom. The van der Waals surface area contributed by atoms with Gasteiger partial charge < -0.3 is 9.64 Å². The Bertz CT molecular complexity index is 834. The summed E-state index contributed by atoms with van der Waals surface area (Å²) in [4.78, 5) is 6.47. The molecule has 3 nitrogen and oxygen atoms in total. The van der Waals surface area contributed by atoms with Gasteiger partial charge in [0.1, 0.15) is 5.82 Å². The van der Waals surface area contributed by atoms with Gasteiger partial charge in [-0.05, 0) is 75.3 Å². The van der Waals surface area contributed by atoms with Gasteiger partial charge in [0.05, 0.1) is 24.0 Å². The van der Waals surface area contributed by atoms with Crippen LogP contribution in [-0.4, -0.2) is 44.5 Å². The maximum absolute atomic E-state index is 13.4. The molecule has 8 heteroatoms. The molecular formula is C21H25BF4N2O. The molecule has 1 saturated heterocycles. The molecule has 29 heavy (non-hydrogen) atoms. The van der Waals surface area contributed by atoms with Crippen LogP contribution in [0.2, 0.25) is 0 Å². The van der Waals surface area contributed by atoms with Gasteiger partial charge in [-0.25, -0.2) is 4.39 Å². The Kier molecular flexibility index (Phi) is 6.34. The fourth-order valence-corrected chi connectivity index (χ4v) is 3.80. The molecule has 0 saturated carbocycles. The highest BCUT2D eigenvalue weighted by atomic mass is 19.4. The molecule has 1 atom stereocenters. The molecule has 2 heterocycles. The second-order valence-corrected chi connectivity index (χ2v) is 7.96. The molecule has 156 valence electrons. The second-order valence-electron chi connectivity index (χ2n) is 7.96. The standard InChI is InChI=1S/C21H25BF4N2O/c1-14(18-11-16(21(24,25)26)12-19(22)27-18)29-13-20(7-9-28(2)10-8-20)15-3-5-17(23)6-4-15/h3-6,11-12,14H,7-10,13,22H2,1-2H3. The van der Waals surface area contributed by atoms with Crippen LogP contribution in [-0.2, 0) is 16.3 Å². The van der Waals surface area contributed by atoms with Gasteiger partial charge in [0.15, 0.2) is 7.85 Å². The summed E-state index contributed by atoms with van der Waals surface area (Å²) in [7, 11) is 3.59. The summed E-state index contributed by atoms with van der Waals surface area (Å²) in [5.74, 6) is -0.297. The van der Waals surface area contributed by atoms with E-state index in [1.165, 1.54) is 12.1 Å². The van der Waals surface area contributed by atoms with Crippen molar-refractivity contribution < 1.29 is 22.3 Å². The maximum atomic E-state index is 13.4. The predicted molar refractivity (Wildman–Crippen MR) is 107 cm³/mol. The van der Waals surface area contributed by atoms with E-state index >= 15 is 0 Å². The van der Waals surface area contributed by atoms with E-state index in [2.05, 4.69) is 9.88 Å². The molecule has 0 bridgehead atoms. The molecule has 1 fully saturated rings. The zero-order valence-electron chi connectivity index (χ0n) is 16.9. The molecule has 1 aliphatic heterocycles. The van der Waals surface area contributed by atoms with E-state index in [0.29, 0.717) is 12.2 Å². The molecule has 1 aromatic carbocycles. The van der Waals surface area contributed by atoms with E-state index < -0.39 is 17.8 Å². The van der Waals surface area contributed by atoms with Crippen molar-refractivity contribution in [3.05, 3.63) is 59.0 Å². The van der Waals surface area contributed by atoms with E-state index in [9.17, 15) is 17.6 Å². The third-order valence-electron chi connectivity index (χ3n) is 5.73. The zero-order chi connectivity index (χ0) is 21.2. The Morgan fingerprint density at radius 1 is 1.17 bits per heavy atom. The third-order valence-corrected chi connectivity index (χ3v) is 5.73. The first-order valence-corrected chi connectivity index (χ1v) is 9.71. The number of alkyl halides is 3. The highest BCUT2D eigenvalue weighted by molar-refractivity contribution is 6.30. The van der Waals surface area contributed by atoms with Crippen molar-refractivity contribution in [1.29, 1.82) is 0 Å². The van der Waals surface area contributed by atoms with E-state index in [1.54, 1.807) is 26.9 Å². The molecule has 0 spiro atoms. The van der Waals surface area contributed by atoms with Gasteiger partial charge in [-0.2, -0.15) is 13.2 Å². The monoisotopic (exact) mass is 408 g/mol. The lowest BCUT2D eigenvalue weighted by atomic mass is 9.73. The quantitative estimate of drug-likeness (QED) is 0.561. The van der Waals surface area contributed by atoms with E-state index in [0.717, 1.165) is 43.6 Å². The molecule has 0 radical (unpaired) electrons. The number of benzene rings is 1. The lowest BCUT2D eigenvalue weighted by Gasteiger charge is -2.41. The largest absolute Gasteiger partial charge is 0.416 e. The Balaban J connectivity index is 1.81. The van der Waals surface area contributed by atoms with Gasteiger partial charge in [-0.3, -0.25) is 4.98 Å². The van der Waals surface area contributed by atoms with Crippen molar-refractivity contribution in [2.75, 3.05) is 26.7 Å². The maximum Gasteiger partial charge on any atom is 0.416 e. The smallest absolute Gasteiger partial charge is 0.371 e. The van der Waals surface area contributed by atoms with Crippen LogP contribution in [0.1, 0.15) is 42.7 Å². The Hall–Kier alpha value is -1.93. The van der Waals surface area contributed by atoms with Gasteiger partial charge >= 0.3 is 6.18 Å². The van der Waals surface area contributed by atoms with Gasteiger partial charge in [0.2, 0.25) is 0 Å². The molecule has 3 rings (SSSR count). The zero-order valence-corrected chi connectivity index (χ0v) is 16.9. The molecule has 1 unspecified atom stereocenters. The van der Waals surface area contributed by atoms with Crippen molar-refractivity contribution >= 4 is 13.4 Å². The van der Waals surface area contributed by atoms with Crippen LogP contribution in [0.4, 0.5) is 17.6 Å². The molecule has 0 N–H and O–H groups in total. The fourth-order valence-electron chi connectivity index (χ4n) is 3.80. The SMILES string of the molecule is Bc1cc(C(F)(F)F)cc(C(C)OCC2(c3ccc(F)cc3)CCN(C)CC2)n1. The number of pyridine rings is 1. The van der Waals surface area contributed by atoms with Crippen LogP contribution >= 0.6 is 0 Å². The number of hydrogen-bond donors (Lipinski definition) is 0. The molecule has 0 amide bonds. The van der Waals surface area contributed by atoms with Crippen LogP contribution in [0, 0.1) is 5.82 Å². The number of nitrogens with zero attached hydrogens (tertiary/aromatic N) is 2. The van der Waals surface area contributed by atoms with Gasteiger partial charge in [0.25, 0.3) is 0 Å². The molecule has 1 aliphatic rings. The second kappa shape index (κ2) is 8.44. The number of aromatic nitrogens is 1. The summed E-state index contributed by atoms with van der Waals surface area (Å²) in [5.41, 5.74) is 0.540. The van der Waals surface area contributed by atoms with Gasteiger partial charge in [0, 0.05) is 5.41 Å². The summed E-state index contributed by atoms with van der Waals surface area (Å²) < 4.78 is 58.9. The normalized spacial score (nSPS) is 18.6. The summed E-state index contributed by atoms with van der Waals surface area (Å²) in [6, 6.07) is 8.53. The predicted octanol–water partition coefficient (Wildman–Crippen LogP) is 3.24. The van der Waals surface area contributed by atoms with Crippen LogP contribution in [0.5, 0.6) is 0 Å². The molecule has 2 aromatic rings. The lowest BCUT2D eigenvalue weighted by molar-refractivity contribution is -0.137. The van der Waals surface area contributed by atoms with Crippen molar-refractivity contribution in [3.63, 3.8) is 0 Å². The van der Waals surface area contributed by atoms with Gasteiger partial charge in [-0.1, -0.05) is 12.1 Å². The Morgan fingerprint density at radius 2 is 1.79 bits per heavy atom. The average molecular weight is 408 g/mol. The van der Waals surface area contributed by atoms with Crippen molar-refractivity contribution in [2.24, 2.45) is 0 Å². The van der Waals surface area contributed by atoms with Crippen LogP contribution < -0.4 is 5.59 Å². The number of likely N-dealkylation sites (tertiary alicyclic amines) is 1. The minimum Gasteiger partial charge on any atom is -0.371 e. The highest BCUT2D eigenvalue weighted by Gasteiger charge is 2.37. The first-order valence-electron chi connectivity index (χ1n) is 9.71. The number of hydrogen-bond acceptors (Lipinski definition) is 3. The number of ether oxygens (including phenoxy) is 1. The van der Waals surface area contributed by atoms with E-state index in [-0.39, 0.29) is 16.9 Å². The number of piperidine rings is 1. The number of rotatable bonds is 5. The minimum absolute atomic E-state index is 0.263. The average Bonchev–Trinajstić information content (AvgIpc) is 2.67. The molecular weight excluding hydrogens is 383 g/mol. The van der Waals surface area contributed by atoms with Gasteiger partial charge in [-0.15, -0.1) is 0 Å². The minimum atomic E-state index is -4.43. The van der Waals surface area contributed by atoms with E-state index in [4.69, 9.17) is 4.74 Å².